The summed E-state index contributed by atoms with van der Waals surface area (Å²) < 4.78 is 0. The van der Waals surface area contributed by atoms with E-state index >= 15 is 0 Å². The average molecular weight is 673 g/mol. The number of hydrogen-bond donors (Lipinski definition) is 0. The van der Waals surface area contributed by atoms with Crippen molar-refractivity contribution in [1.82, 2.24) is 0 Å². The fourth-order valence-electron chi connectivity index (χ4n) is 5.99. The summed E-state index contributed by atoms with van der Waals surface area (Å²) in [4.78, 5) is 0. The molecule has 0 unspecified atom stereocenters. The number of aryl methyl sites for hydroxylation is 2. The van der Waals surface area contributed by atoms with Crippen molar-refractivity contribution >= 4 is 43.1 Å². The van der Waals surface area contributed by atoms with Gasteiger partial charge in [-0.05, 0) is 44.8 Å². The van der Waals surface area contributed by atoms with Crippen LogP contribution >= 0.6 is 0 Å². The van der Waals surface area contributed by atoms with Gasteiger partial charge >= 0.3 is 26.2 Å². The molecule has 0 aromatic heterocycles. The van der Waals surface area contributed by atoms with Crippen molar-refractivity contribution in [3.63, 3.8) is 0 Å². The second-order valence-corrected chi connectivity index (χ2v) is 10.8. The first-order valence-electron chi connectivity index (χ1n) is 13.9. The van der Waals surface area contributed by atoms with Crippen LogP contribution in [0.25, 0.3) is 65.3 Å². The molecule has 0 aliphatic rings. The van der Waals surface area contributed by atoms with Crippen LogP contribution in [0.5, 0.6) is 0 Å². The molecule has 0 nitrogen and oxygen atoms in total. The number of rotatable bonds is 2. The first kappa shape index (κ1) is 32.4. The molecule has 8 rings (SSSR count). The van der Waals surface area contributed by atoms with Gasteiger partial charge in [0.05, 0.1) is 0 Å². The Balaban J connectivity index is 0.000000184. The van der Waals surface area contributed by atoms with Crippen LogP contribution in [-0.2, 0) is 26.2 Å². The Kier molecular flexibility index (Phi) is 10.5. The zero-order valence-corrected chi connectivity index (χ0v) is 28.1. The maximum absolute atomic E-state index is 2.28. The molecule has 0 amide bonds. The van der Waals surface area contributed by atoms with E-state index in [0.29, 0.717) is 0 Å². The second-order valence-electron chi connectivity index (χ2n) is 10.8. The van der Waals surface area contributed by atoms with Crippen molar-refractivity contribution in [2.75, 3.05) is 0 Å². The van der Waals surface area contributed by atoms with Gasteiger partial charge in [-0.25, -0.2) is 0 Å². The minimum atomic E-state index is 0. The minimum Gasteiger partial charge on any atom is -1.00 e. The summed E-state index contributed by atoms with van der Waals surface area (Å²) in [6, 6.07) is 52.6. The topological polar surface area (TPSA) is 0 Å². The standard InChI is InChI=1S/2C20H15.2ClH.Zr/c2*1-14-11-17-7-4-8-19(20(17)12-14)18-10-9-15-5-2-3-6-16(15)13-18;;;/h2*2-13H,1H3;2*1H;/q2*-1;;;+4/p-2. The van der Waals surface area contributed by atoms with E-state index in [0.717, 1.165) is 0 Å². The van der Waals surface area contributed by atoms with Gasteiger partial charge < -0.3 is 24.8 Å². The zero-order chi connectivity index (χ0) is 27.1. The molecule has 8 aromatic carbocycles. The van der Waals surface area contributed by atoms with Crippen LogP contribution in [0.1, 0.15) is 11.1 Å². The molecule has 8 aromatic rings. The molecule has 208 valence electrons. The summed E-state index contributed by atoms with van der Waals surface area (Å²) in [5, 5.41) is 10.5. The van der Waals surface area contributed by atoms with Gasteiger partial charge in [0.25, 0.3) is 0 Å². The van der Waals surface area contributed by atoms with Gasteiger partial charge in [-0.2, -0.15) is 12.1 Å². The molecule has 0 N–H and O–H groups in total. The van der Waals surface area contributed by atoms with E-state index in [4.69, 9.17) is 0 Å². The predicted molar refractivity (Wildman–Crippen MR) is 174 cm³/mol. The van der Waals surface area contributed by atoms with Gasteiger partial charge in [0.2, 0.25) is 0 Å². The minimum absolute atomic E-state index is 0. The molecule has 0 bridgehead atoms. The molecular weight excluding hydrogens is 643 g/mol. The Morgan fingerprint density at radius 2 is 0.791 bits per heavy atom. The van der Waals surface area contributed by atoms with Crippen molar-refractivity contribution in [2.45, 2.75) is 13.8 Å². The van der Waals surface area contributed by atoms with Gasteiger partial charge in [0, 0.05) is 0 Å². The summed E-state index contributed by atoms with van der Waals surface area (Å²) >= 11 is 0. The summed E-state index contributed by atoms with van der Waals surface area (Å²) in [7, 11) is 0. The molecule has 0 fully saturated rings. The Morgan fingerprint density at radius 1 is 0.395 bits per heavy atom. The fraction of sp³-hybridized carbons (Fsp3) is 0.0500. The Morgan fingerprint density at radius 3 is 1.21 bits per heavy atom. The van der Waals surface area contributed by atoms with Gasteiger partial charge in [-0.3, -0.25) is 0 Å². The fourth-order valence-corrected chi connectivity index (χ4v) is 5.99. The maximum Gasteiger partial charge on any atom is 4.00 e. The van der Waals surface area contributed by atoms with Crippen LogP contribution in [0, 0.1) is 13.8 Å². The summed E-state index contributed by atoms with van der Waals surface area (Å²) in [6.07, 6.45) is 0. The third-order valence-electron chi connectivity index (χ3n) is 7.91. The summed E-state index contributed by atoms with van der Waals surface area (Å²) in [5.41, 5.74) is 7.88. The molecule has 0 saturated carbocycles. The second kappa shape index (κ2) is 13.9. The van der Waals surface area contributed by atoms with Gasteiger partial charge in [0.1, 0.15) is 0 Å². The number of halogens is 2. The average Bonchev–Trinajstić information content (AvgIpc) is 3.57. The van der Waals surface area contributed by atoms with Crippen LogP contribution in [0.4, 0.5) is 0 Å². The Hall–Kier alpha value is -3.48. The van der Waals surface area contributed by atoms with E-state index in [-0.39, 0.29) is 51.0 Å². The number of benzene rings is 6. The molecule has 0 spiro atoms. The van der Waals surface area contributed by atoms with Crippen molar-refractivity contribution < 1.29 is 51.0 Å². The molecule has 3 heteroatoms. The summed E-state index contributed by atoms with van der Waals surface area (Å²) in [6.45, 7) is 4.31. The monoisotopic (exact) mass is 670 g/mol. The van der Waals surface area contributed by atoms with E-state index in [2.05, 4.69) is 159 Å². The molecule has 43 heavy (non-hydrogen) atoms. The quantitative estimate of drug-likeness (QED) is 0.217. The van der Waals surface area contributed by atoms with Gasteiger partial charge in [-0.1, -0.05) is 110 Å². The first-order chi connectivity index (χ1) is 19.6. The zero-order valence-electron chi connectivity index (χ0n) is 24.1. The third-order valence-corrected chi connectivity index (χ3v) is 7.91. The molecule has 0 aliphatic carbocycles. The van der Waals surface area contributed by atoms with Crippen molar-refractivity contribution in [3.8, 4) is 22.3 Å². The van der Waals surface area contributed by atoms with E-state index in [1.165, 1.54) is 76.5 Å². The van der Waals surface area contributed by atoms with E-state index in [1.54, 1.807) is 0 Å². The first-order valence-corrected chi connectivity index (χ1v) is 13.9. The molecular formula is C40H30Cl2Zr. The molecule has 0 saturated heterocycles. The molecule has 0 heterocycles. The van der Waals surface area contributed by atoms with Crippen LogP contribution in [-0.4, -0.2) is 0 Å². The SMILES string of the molecule is Cc1cc2c(-c3ccc4ccccc4c3)cccc2[cH-]1.Cc1cc2c(-c3ccc4ccccc4c3)cccc2[cH-]1.[Cl-].[Cl-].[Zr+4]. The van der Waals surface area contributed by atoms with E-state index < -0.39 is 0 Å². The Bertz CT molecular complexity index is 1990. The summed E-state index contributed by atoms with van der Waals surface area (Å²) in [5.74, 6) is 0. The number of fused-ring (bicyclic) bond motifs is 4. The van der Waals surface area contributed by atoms with Crippen LogP contribution in [0.2, 0.25) is 0 Å². The van der Waals surface area contributed by atoms with E-state index in [1.807, 2.05) is 0 Å². The smallest absolute Gasteiger partial charge is 1.00 e. The molecule has 0 aliphatic heterocycles. The predicted octanol–water partition coefficient (Wildman–Crippen LogP) is 5.38. The van der Waals surface area contributed by atoms with Gasteiger partial charge in [0.15, 0.2) is 0 Å². The van der Waals surface area contributed by atoms with Crippen molar-refractivity contribution in [3.05, 3.63) is 157 Å². The number of hydrogen-bond acceptors (Lipinski definition) is 0. The van der Waals surface area contributed by atoms with Gasteiger partial charge in [-0.15, -0.1) is 69.1 Å². The van der Waals surface area contributed by atoms with Crippen LogP contribution in [0.3, 0.4) is 0 Å². The molecule has 0 radical (unpaired) electrons. The Labute approximate surface area is 285 Å². The van der Waals surface area contributed by atoms with Crippen molar-refractivity contribution in [2.24, 2.45) is 0 Å². The van der Waals surface area contributed by atoms with E-state index in [9.17, 15) is 0 Å². The van der Waals surface area contributed by atoms with Crippen LogP contribution in [0.15, 0.2) is 146 Å². The molecule has 0 atom stereocenters. The van der Waals surface area contributed by atoms with Crippen molar-refractivity contribution in [1.29, 1.82) is 0 Å². The third kappa shape index (κ3) is 6.56. The van der Waals surface area contributed by atoms with Crippen LogP contribution < -0.4 is 24.8 Å². The largest absolute Gasteiger partial charge is 4.00 e. The maximum atomic E-state index is 2.28. The normalized spacial score (nSPS) is 10.5.